The van der Waals surface area contributed by atoms with E-state index in [-0.39, 0.29) is 22.9 Å². The van der Waals surface area contributed by atoms with Crippen molar-refractivity contribution in [2.75, 3.05) is 5.32 Å². The fraction of sp³-hybridized carbons (Fsp3) is 0.250. The van der Waals surface area contributed by atoms with Crippen molar-refractivity contribution in [1.29, 1.82) is 0 Å². The molecule has 3 rings (SSSR count). The Bertz CT molecular complexity index is 1180. The molecule has 0 saturated carbocycles. The Balaban J connectivity index is 1.78. The number of carbonyl (C=O) groups is 2. The SMILES string of the molecule is CC(=O)NCc1ccc(-c2csc(NC(=O)c3ccccc3S(=O)(=O)C(C)C)n2)o1. The smallest absolute Gasteiger partial charge is 0.258 e. The van der Waals surface area contributed by atoms with Crippen LogP contribution in [0.5, 0.6) is 0 Å². The number of thiazole rings is 1. The molecule has 8 nitrogen and oxygen atoms in total. The molecule has 0 unspecified atom stereocenters. The quantitative estimate of drug-likeness (QED) is 0.572. The van der Waals surface area contributed by atoms with E-state index in [2.05, 4.69) is 15.6 Å². The van der Waals surface area contributed by atoms with E-state index in [1.54, 1.807) is 43.5 Å². The molecule has 158 valence electrons. The molecule has 2 N–H and O–H groups in total. The van der Waals surface area contributed by atoms with Crippen LogP contribution in [0.15, 0.2) is 51.1 Å². The predicted octanol–water partition coefficient (Wildman–Crippen LogP) is 3.47. The zero-order valence-electron chi connectivity index (χ0n) is 16.6. The summed E-state index contributed by atoms with van der Waals surface area (Å²) in [5, 5.41) is 6.67. The molecule has 0 aliphatic carbocycles. The summed E-state index contributed by atoms with van der Waals surface area (Å²) in [7, 11) is -3.61. The van der Waals surface area contributed by atoms with E-state index in [0.717, 1.165) is 0 Å². The van der Waals surface area contributed by atoms with Crippen molar-refractivity contribution in [3.63, 3.8) is 0 Å². The number of benzene rings is 1. The van der Waals surface area contributed by atoms with Crippen molar-refractivity contribution in [3.8, 4) is 11.5 Å². The van der Waals surface area contributed by atoms with Gasteiger partial charge in [-0.3, -0.25) is 14.9 Å². The maximum absolute atomic E-state index is 12.7. The first-order valence-electron chi connectivity index (χ1n) is 9.12. The lowest BCUT2D eigenvalue weighted by molar-refractivity contribution is -0.119. The van der Waals surface area contributed by atoms with Gasteiger partial charge in [0.25, 0.3) is 5.91 Å². The molecular formula is C20H21N3O5S2. The molecule has 2 amide bonds. The Morgan fingerprint density at radius 3 is 2.60 bits per heavy atom. The molecule has 1 aromatic carbocycles. The maximum atomic E-state index is 12.7. The van der Waals surface area contributed by atoms with E-state index in [1.165, 1.54) is 30.4 Å². The summed E-state index contributed by atoms with van der Waals surface area (Å²) in [5.41, 5.74) is 0.589. The van der Waals surface area contributed by atoms with Crippen molar-refractivity contribution >= 4 is 38.1 Å². The lowest BCUT2D eigenvalue weighted by atomic mass is 10.2. The highest BCUT2D eigenvalue weighted by Gasteiger charge is 2.25. The van der Waals surface area contributed by atoms with Gasteiger partial charge in [0, 0.05) is 12.3 Å². The van der Waals surface area contributed by atoms with Crippen LogP contribution in [0.25, 0.3) is 11.5 Å². The van der Waals surface area contributed by atoms with Crippen LogP contribution in [0, 0.1) is 0 Å². The van der Waals surface area contributed by atoms with Crippen molar-refractivity contribution in [2.24, 2.45) is 0 Å². The van der Waals surface area contributed by atoms with Gasteiger partial charge >= 0.3 is 0 Å². The standard InChI is InChI=1S/C20H21N3O5S2/c1-12(2)30(26,27)18-7-5-4-6-15(18)19(25)23-20-22-16(11-29-20)17-9-8-14(28-17)10-21-13(3)24/h4-9,11-12H,10H2,1-3H3,(H,21,24)(H,22,23,25). The number of nitrogens with zero attached hydrogens (tertiary/aromatic N) is 1. The van der Waals surface area contributed by atoms with E-state index in [1.807, 2.05) is 0 Å². The van der Waals surface area contributed by atoms with Crippen LogP contribution in [0.3, 0.4) is 0 Å². The molecule has 3 aromatic rings. The Morgan fingerprint density at radius 2 is 1.90 bits per heavy atom. The summed E-state index contributed by atoms with van der Waals surface area (Å²) in [6.45, 7) is 4.83. The molecule has 10 heteroatoms. The van der Waals surface area contributed by atoms with Crippen LogP contribution in [-0.2, 0) is 21.2 Å². The molecule has 0 spiro atoms. The average molecular weight is 448 g/mol. The van der Waals surface area contributed by atoms with Crippen LogP contribution in [0.2, 0.25) is 0 Å². The van der Waals surface area contributed by atoms with Crippen LogP contribution in [-0.4, -0.2) is 30.5 Å². The van der Waals surface area contributed by atoms with Gasteiger partial charge in [0.2, 0.25) is 5.91 Å². The molecule has 30 heavy (non-hydrogen) atoms. The fourth-order valence-corrected chi connectivity index (χ4v) is 4.53. The number of anilines is 1. The van der Waals surface area contributed by atoms with Gasteiger partial charge in [-0.1, -0.05) is 12.1 Å². The number of hydrogen-bond acceptors (Lipinski definition) is 7. The first kappa shape index (κ1) is 21.7. The minimum Gasteiger partial charge on any atom is -0.458 e. The summed E-state index contributed by atoms with van der Waals surface area (Å²) in [4.78, 5) is 28.1. The lowest BCUT2D eigenvalue weighted by Gasteiger charge is -2.12. The van der Waals surface area contributed by atoms with Crippen molar-refractivity contribution in [1.82, 2.24) is 10.3 Å². The highest BCUT2D eigenvalue weighted by molar-refractivity contribution is 7.92. The normalized spacial score (nSPS) is 11.5. The summed E-state index contributed by atoms with van der Waals surface area (Å²) in [6.07, 6.45) is 0. The van der Waals surface area contributed by atoms with Gasteiger partial charge in [-0.2, -0.15) is 0 Å². The van der Waals surface area contributed by atoms with Gasteiger partial charge in [-0.05, 0) is 38.1 Å². The fourth-order valence-electron chi connectivity index (χ4n) is 2.59. The summed E-state index contributed by atoms with van der Waals surface area (Å²) in [5.74, 6) is 0.356. The summed E-state index contributed by atoms with van der Waals surface area (Å²) < 4.78 is 30.8. The molecule has 2 aromatic heterocycles. The first-order valence-corrected chi connectivity index (χ1v) is 11.5. The van der Waals surface area contributed by atoms with Crippen LogP contribution < -0.4 is 10.6 Å². The predicted molar refractivity (Wildman–Crippen MR) is 114 cm³/mol. The molecule has 0 aliphatic rings. The third-order valence-electron chi connectivity index (χ3n) is 4.21. The second-order valence-electron chi connectivity index (χ2n) is 6.76. The number of nitrogens with one attached hydrogen (secondary N) is 2. The third kappa shape index (κ3) is 4.77. The van der Waals surface area contributed by atoms with Gasteiger partial charge < -0.3 is 9.73 Å². The molecule has 0 fully saturated rings. The molecular weight excluding hydrogens is 426 g/mol. The van der Waals surface area contributed by atoms with Crippen molar-refractivity contribution < 1.29 is 22.4 Å². The maximum Gasteiger partial charge on any atom is 0.258 e. The van der Waals surface area contributed by atoms with Gasteiger partial charge in [0.15, 0.2) is 20.7 Å². The minimum atomic E-state index is -3.61. The molecule has 2 heterocycles. The van der Waals surface area contributed by atoms with E-state index < -0.39 is 21.0 Å². The Labute approximate surface area is 178 Å². The van der Waals surface area contributed by atoms with Gasteiger partial charge in [0.05, 0.1) is 22.3 Å². The van der Waals surface area contributed by atoms with Gasteiger partial charge in [-0.15, -0.1) is 11.3 Å². The van der Waals surface area contributed by atoms with Gasteiger partial charge in [-0.25, -0.2) is 13.4 Å². The Kier molecular flexibility index (Phi) is 6.37. The highest BCUT2D eigenvalue weighted by atomic mass is 32.2. The monoisotopic (exact) mass is 447 g/mol. The zero-order chi connectivity index (χ0) is 21.9. The molecule has 0 saturated heterocycles. The number of amides is 2. The number of aromatic nitrogens is 1. The molecule has 0 bridgehead atoms. The highest BCUT2D eigenvalue weighted by Crippen LogP contribution is 2.28. The van der Waals surface area contributed by atoms with Crippen LogP contribution in [0.4, 0.5) is 5.13 Å². The van der Waals surface area contributed by atoms with Crippen LogP contribution in [0.1, 0.15) is 36.9 Å². The Morgan fingerprint density at radius 1 is 1.17 bits per heavy atom. The number of hydrogen-bond donors (Lipinski definition) is 2. The second kappa shape index (κ2) is 8.80. The van der Waals surface area contributed by atoms with Crippen molar-refractivity contribution in [2.45, 2.75) is 37.5 Å². The Hall–Kier alpha value is -2.98. The average Bonchev–Trinajstić information content (AvgIpc) is 3.35. The van der Waals surface area contributed by atoms with E-state index in [4.69, 9.17) is 4.42 Å². The number of furan rings is 1. The van der Waals surface area contributed by atoms with Crippen LogP contribution >= 0.6 is 11.3 Å². The topological polar surface area (TPSA) is 118 Å². The molecule has 0 atom stereocenters. The molecule has 0 aliphatic heterocycles. The first-order chi connectivity index (χ1) is 14.2. The second-order valence-corrected chi connectivity index (χ2v) is 10.1. The lowest BCUT2D eigenvalue weighted by Crippen LogP contribution is -2.20. The number of rotatable bonds is 7. The third-order valence-corrected chi connectivity index (χ3v) is 7.18. The van der Waals surface area contributed by atoms with E-state index in [9.17, 15) is 18.0 Å². The van der Waals surface area contributed by atoms with E-state index >= 15 is 0 Å². The minimum absolute atomic E-state index is 0.0112. The zero-order valence-corrected chi connectivity index (χ0v) is 18.3. The van der Waals surface area contributed by atoms with E-state index in [0.29, 0.717) is 22.3 Å². The number of carbonyl (C=O) groups excluding carboxylic acids is 2. The number of sulfone groups is 1. The van der Waals surface area contributed by atoms with Gasteiger partial charge in [0.1, 0.15) is 11.5 Å². The summed E-state index contributed by atoms with van der Waals surface area (Å²) in [6, 6.07) is 9.55. The molecule has 0 radical (unpaired) electrons. The largest absolute Gasteiger partial charge is 0.458 e. The van der Waals surface area contributed by atoms with Crippen molar-refractivity contribution in [3.05, 3.63) is 53.1 Å². The summed E-state index contributed by atoms with van der Waals surface area (Å²) >= 11 is 1.19.